The van der Waals surface area contributed by atoms with E-state index >= 15 is 0 Å². The van der Waals surface area contributed by atoms with Gasteiger partial charge < -0.3 is 20.2 Å². The van der Waals surface area contributed by atoms with Crippen LogP contribution in [0, 0.1) is 0 Å². The fourth-order valence-electron chi connectivity index (χ4n) is 4.92. The summed E-state index contributed by atoms with van der Waals surface area (Å²) in [5.74, 6) is -0.267. The number of rotatable bonds is 5. The van der Waals surface area contributed by atoms with E-state index in [0.717, 1.165) is 30.6 Å². The number of nitrogens with zero attached hydrogens (tertiary/aromatic N) is 3. The normalized spacial score (nSPS) is 19.2. The van der Waals surface area contributed by atoms with Crippen molar-refractivity contribution in [3.8, 4) is 11.3 Å². The molecule has 1 saturated carbocycles. The van der Waals surface area contributed by atoms with Crippen LogP contribution in [0.4, 0.5) is 0 Å². The van der Waals surface area contributed by atoms with Gasteiger partial charge in [0.05, 0.1) is 11.3 Å². The van der Waals surface area contributed by atoms with Crippen molar-refractivity contribution < 1.29 is 14.7 Å². The number of hydrogen-bond acceptors (Lipinski definition) is 5. The van der Waals surface area contributed by atoms with Crippen molar-refractivity contribution in [3.05, 3.63) is 52.5 Å². The Bertz CT molecular complexity index is 1210. The summed E-state index contributed by atoms with van der Waals surface area (Å²) >= 11 is 0. The number of hydrogen-bond donors (Lipinski definition) is 2. The zero-order valence-electron chi connectivity index (χ0n) is 19.7. The molecule has 34 heavy (non-hydrogen) atoms. The highest BCUT2D eigenvalue weighted by atomic mass is 16.3. The SMILES string of the molecule is CNCC1=c2cc(-c3ccc(C(=O)N4CCN(C(=O)C5(O)CC5)CC4)cn3)ccc2=CCCC1. The molecule has 0 radical (unpaired) electrons. The number of piperazine rings is 1. The van der Waals surface area contributed by atoms with Crippen LogP contribution < -0.4 is 15.8 Å². The number of aromatic nitrogens is 1. The van der Waals surface area contributed by atoms with E-state index in [4.69, 9.17) is 0 Å². The monoisotopic (exact) mass is 460 g/mol. The van der Waals surface area contributed by atoms with Crippen LogP contribution >= 0.6 is 0 Å². The van der Waals surface area contributed by atoms with Gasteiger partial charge in [-0.2, -0.15) is 0 Å². The van der Waals surface area contributed by atoms with Crippen LogP contribution in [-0.4, -0.2) is 77.1 Å². The summed E-state index contributed by atoms with van der Waals surface area (Å²) in [7, 11) is 1.98. The average molecular weight is 461 g/mol. The molecule has 2 amide bonds. The number of carbonyl (C=O) groups is 2. The Balaban J connectivity index is 1.30. The predicted octanol–water partition coefficient (Wildman–Crippen LogP) is 0.892. The molecule has 0 unspecified atom stereocenters. The highest BCUT2D eigenvalue weighted by Gasteiger charge is 2.50. The van der Waals surface area contributed by atoms with Crippen LogP contribution in [0.1, 0.15) is 42.5 Å². The Labute approximate surface area is 199 Å². The molecule has 5 rings (SSSR count). The van der Waals surface area contributed by atoms with Gasteiger partial charge in [0, 0.05) is 44.5 Å². The Morgan fingerprint density at radius 1 is 1.09 bits per heavy atom. The molecule has 1 saturated heterocycles. The summed E-state index contributed by atoms with van der Waals surface area (Å²) in [6.07, 6.45) is 8.40. The molecule has 0 bridgehead atoms. The summed E-state index contributed by atoms with van der Waals surface area (Å²) in [6, 6.07) is 10.2. The molecule has 0 spiro atoms. The lowest BCUT2D eigenvalue weighted by atomic mass is 10.0. The molecule has 2 aromatic rings. The van der Waals surface area contributed by atoms with E-state index in [9.17, 15) is 14.7 Å². The largest absolute Gasteiger partial charge is 0.380 e. The van der Waals surface area contributed by atoms with E-state index < -0.39 is 5.60 Å². The molecule has 3 aliphatic rings. The van der Waals surface area contributed by atoms with E-state index in [1.165, 1.54) is 22.4 Å². The molecular formula is C27H32N4O3. The third-order valence-electron chi connectivity index (χ3n) is 7.15. The lowest BCUT2D eigenvalue weighted by Crippen LogP contribution is -2.53. The number of fused-ring (bicyclic) bond motifs is 1. The quantitative estimate of drug-likeness (QED) is 0.692. The maximum absolute atomic E-state index is 13.0. The van der Waals surface area contributed by atoms with Gasteiger partial charge in [0.1, 0.15) is 5.60 Å². The minimum absolute atomic E-state index is 0.0718. The van der Waals surface area contributed by atoms with Crippen molar-refractivity contribution in [1.29, 1.82) is 0 Å². The van der Waals surface area contributed by atoms with Crippen molar-refractivity contribution in [2.75, 3.05) is 39.8 Å². The standard InChI is InChI=1S/C27H32N4O3/c1-28-17-21-5-3-2-4-19-6-7-20(16-23(19)21)24-9-8-22(18-29-24)25(32)30-12-14-31(15-13-30)26(33)27(34)10-11-27/h4,6-9,16,18,28,34H,2-3,5,10-15,17H2,1H3. The van der Waals surface area contributed by atoms with E-state index in [1.807, 2.05) is 19.2 Å². The summed E-state index contributed by atoms with van der Waals surface area (Å²) in [6.45, 7) is 2.72. The van der Waals surface area contributed by atoms with Crippen LogP contribution in [-0.2, 0) is 4.79 Å². The van der Waals surface area contributed by atoms with Crippen molar-refractivity contribution >= 4 is 23.5 Å². The van der Waals surface area contributed by atoms with Gasteiger partial charge in [0.15, 0.2) is 0 Å². The van der Waals surface area contributed by atoms with Gasteiger partial charge in [0.25, 0.3) is 11.8 Å². The maximum Gasteiger partial charge on any atom is 0.255 e. The number of carbonyl (C=O) groups excluding carboxylic acids is 2. The lowest BCUT2D eigenvalue weighted by molar-refractivity contribution is -0.143. The fourth-order valence-corrected chi connectivity index (χ4v) is 4.92. The highest BCUT2D eigenvalue weighted by Crippen LogP contribution is 2.37. The highest BCUT2D eigenvalue weighted by molar-refractivity contribution is 5.94. The molecule has 2 N–H and O–H groups in total. The molecule has 178 valence electrons. The second kappa shape index (κ2) is 9.31. The first kappa shape index (κ1) is 22.7. The minimum atomic E-state index is -1.15. The molecule has 2 aliphatic carbocycles. The van der Waals surface area contributed by atoms with Gasteiger partial charge in [0.2, 0.25) is 0 Å². The molecule has 2 heterocycles. The minimum Gasteiger partial charge on any atom is -0.380 e. The van der Waals surface area contributed by atoms with Gasteiger partial charge in [-0.3, -0.25) is 14.6 Å². The van der Waals surface area contributed by atoms with Gasteiger partial charge in [-0.1, -0.05) is 18.2 Å². The first-order valence-corrected chi connectivity index (χ1v) is 12.2. The first-order valence-electron chi connectivity index (χ1n) is 12.2. The molecule has 1 aromatic heterocycles. The molecular weight excluding hydrogens is 428 g/mol. The van der Waals surface area contributed by atoms with Gasteiger partial charge >= 0.3 is 0 Å². The van der Waals surface area contributed by atoms with Crippen molar-refractivity contribution in [2.24, 2.45) is 0 Å². The molecule has 7 heteroatoms. The van der Waals surface area contributed by atoms with E-state index in [0.29, 0.717) is 44.6 Å². The van der Waals surface area contributed by atoms with Crippen LogP contribution in [0.5, 0.6) is 0 Å². The summed E-state index contributed by atoms with van der Waals surface area (Å²) in [5, 5.41) is 15.9. The average Bonchev–Trinajstić information content (AvgIpc) is 3.66. The van der Waals surface area contributed by atoms with E-state index in [2.05, 4.69) is 34.6 Å². The van der Waals surface area contributed by atoms with Crippen molar-refractivity contribution in [2.45, 2.75) is 37.7 Å². The summed E-state index contributed by atoms with van der Waals surface area (Å²) < 4.78 is 0. The number of nitrogens with one attached hydrogen (secondary N) is 1. The predicted molar refractivity (Wildman–Crippen MR) is 131 cm³/mol. The van der Waals surface area contributed by atoms with E-state index in [1.54, 1.807) is 16.0 Å². The molecule has 0 atom stereocenters. The van der Waals surface area contributed by atoms with Crippen LogP contribution in [0.2, 0.25) is 0 Å². The third-order valence-corrected chi connectivity index (χ3v) is 7.15. The number of amides is 2. The van der Waals surface area contributed by atoms with E-state index in [-0.39, 0.29) is 11.8 Å². The Morgan fingerprint density at radius 2 is 1.85 bits per heavy atom. The van der Waals surface area contributed by atoms with Gasteiger partial charge in [-0.25, -0.2) is 0 Å². The third kappa shape index (κ3) is 4.50. The fraction of sp³-hybridized carbons (Fsp3) is 0.444. The second-order valence-corrected chi connectivity index (χ2v) is 9.58. The van der Waals surface area contributed by atoms with Crippen molar-refractivity contribution in [1.82, 2.24) is 20.1 Å². The maximum atomic E-state index is 13.0. The Kier molecular flexibility index (Phi) is 6.23. The number of aliphatic hydroxyl groups is 1. The van der Waals surface area contributed by atoms with Crippen LogP contribution in [0.15, 0.2) is 36.5 Å². The van der Waals surface area contributed by atoms with Gasteiger partial charge in [-0.05, 0) is 73.4 Å². The van der Waals surface area contributed by atoms with Crippen molar-refractivity contribution in [3.63, 3.8) is 0 Å². The topological polar surface area (TPSA) is 85.8 Å². The number of pyridine rings is 1. The number of benzene rings is 1. The Hall–Kier alpha value is -3.03. The Morgan fingerprint density at radius 3 is 2.53 bits per heavy atom. The summed E-state index contributed by atoms with van der Waals surface area (Å²) in [4.78, 5) is 33.4. The second-order valence-electron chi connectivity index (χ2n) is 9.58. The zero-order chi connectivity index (χ0) is 23.7. The summed E-state index contributed by atoms with van der Waals surface area (Å²) in [5.41, 5.74) is 2.72. The van der Waals surface area contributed by atoms with Crippen LogP contribution in [0.25, 0.3) is 22.9 Å². The molecule has 1 aliphatic heterocycles. The lowest BCUT2D eigenvalue weighted by Gasteiger charge is -2.35. The first-order chi connectivity index (χ1) is 16.5. The molecule has 7 nitrogen and oxygen atoms in total. The molecule has 2 fully saturated rings. The molecule has 1 aromatic carbocycles. The van der Waals surface area contributed by atoms with Crippen LogP contribution in [0.3, 0.4) is 0 Å². The zero-order valence-corrected chi connectivity index (χ0v) is 19.7. The smallest absolute Gasteiger partial charge is 0.255 e. The van der Waals surface area contributed by atoms with Gasteiger partial charge in [-0.15, -0.1) is 0 Å².